The normalized spacial score (nSPS) is 9.18. The summed E-state index contributed by atoms with van der Waals surface area (Å²) < 4.78 is 5.24. The van der Waals surface area contributed by atoms with Crippen LogP contribution in [0.15, 0.2) is 17.0 Å². The highest BCUT2D eigenvalue weighted by molar-refractivity contribution is 9.10. The van der Waals surface area contributed by atoms with E-state index in [0.717, 1.165) is 4.47 Å². The van der Waals surface area contributed by atoms with Gasteiger partial charge in [0.25, 0.3) is 6.47 Å². The van der Waals surface area contributed by atoms with Crippen LogP contribution in [-0.2, 0) is 16.1 Å². The second kappa shape index (κ2) is 4.02. The maximum absolute atomic E-state index is 9.81. The second-order valence-corrected chi connectivity index (χ2v) is 2.58. The maximum Gasteiger partial charge on any atom is 0.293 e. The number of carbonyl (C=O) groups is 1. The van der Waals surface area contributed by atoms with E-state index in [0.29, 0.717) is 12.2 Å². The first-order valence-electron chi connectivity index (χ1n) is 2.84. The highest BCUT2D eigenvalue weighted by atomic mass is 79.9. The van der Waals surface area contributed by atoms with E-state index in [-0.39, 0.29) is 6.61 Å². The Hall–Kier alpha value is -0.970. The van der Waals surface area contributed by atoms with Gasteiger partial charge in [0.15, 0.2) is 0 Å². The molecule has 5 heteroatoms. The number of carbonyl (C=O) groups excluding carboxylic acids is 1. The molecule has 0 spiro atoms. The minimum atomic E-state index is 0.173. The molecule has 0 fully saturated rings. The van der Waals surface area contributed by atoms with E-state index in [9.17, 15) is 4.79 Å². The first-order valence-corrected chi connectivity index (χ1v) is 3.63. The van der Waals surface area contributed by atoms with Gasteiger partial charge in [0, 0.05) is 6.20 Å². The van der Waals surface area contributed by atoms with Crippen LogP contribution in [0.3, 0.4) is 0 Å². The zero-order chi connectivity index (χ0) is 8.10. The van der Waals surface area contributed by atoms with E-state index >= 15 is 0 Å². The molecule has 0 atom stereocenters. The smallest absolute Gasteiger partial charge is 0.293 e. The lowest BCUT2D eigenvalue weighted by Crippen LogP contribution is -1.95. The van der Waals surface area contributed by atoms with Crippen LogP contribution in [0.4, 0.5) is 0 Å². The Labute approximate surface area is 71.7 Å². The first-order chi connectivity index (χ1) is 5.34. The molecule has 1 heterocycles. The SMILES string of the molecule is O=COCc1ncncc1Br. The van der Waals surface area contributed by atoms with Crippen LogP contribution in [-0.4, -0.2) is 16.4 Å². The minimum absolute atomic E-state index is 0.173. The van der Waals surface area contributed by atoms with Gasteiger partial charge < -0.3 is 4.74 Å². The Kier molecular flexibility index (Phi) is 2.97. The van der Waals surface area contributed by atoms with Crippen LogP contribution < -0.4 is 0 Å². The molecule has 0 aliphatic carbocycles. The summed E-state index contributed by atoms with van der Waals surface area (Å²) in [5.41, 5.74) is 0.659. The van der Waals surface area contributed by atoms with Gasteiger partial charge in [0.2, 0.25) is 0 Å². The maximum atomic E-state index is 9.81. The Morgan fingerprint density at radius 3 is 3.18 bits per heavy atom. The summed E-state index contributed by atoms with van der Waals surface area (Å²) >= 11 is 3.21. The molecule has 0 radical (unpaired) electrons. The van der Waals surface area contributed by atoms with E-state index in [1.165, 1.54) is 6.33 Å². The van der Waals surface area contributed by atoms with Gasteiger partial charge in [-0.2, -0.15) is 0 Å². The zero-order valence-corrected chi connectivity index (χ0v) is 7.11. The molecular weight excluding hydrogens is 212 g/mol. The summed E-state index contributed by atoms with van der Waals surface area (Å²) in [7, 11) is 0. The summed E-state index contributed by atoms with van der Waals surface area (Å²) in [6.45, 7) is 0.557. The van der Waals surface area contributed by atoms with Crippen molar-refractivity contribution in [1.29, 1.82) is 0 Å². The van der Waals surface area contributed by atoms with Gasteiger partial charge in [-0.1, -0.05) is 0 Å². The van der Waals surface area contributed by atoms with Crippen molar-refractivity contribution in [2.75, 3.05) is 0 Å². The van der Waals surface area contributed by atoms with Crippen molar-refractivity contribution in [1.82, 2.24) is 9.97 Å². The van der Waals surface area contributed by atoms with E-state index in [4.69, 9.17) is 0 Å². The molecule has 1 aromatic heterocycles. The monoisotopic (exact) mass is 216 g/mol. The highest BCUT2D eigenvalue weighted by Gasteiger charge is 1.99. The Balaban J connectivity index is 2.69. The van der Waals surface area contributed by atoms with E-state index < -0.39 is 0 Å². The van der Waals surface area contributed by atoms with E-state index in [1.54, 1.807) is 6.20 Å². The summed E-state index contributed by atoms with van der Waals surface area (Å²) in [6, 6.07) is 0. The van der Waals surface area contributed by atoms with E-state index in [2.05, 4.69) is 30.6 Å². The predicted molar refractivity (Wildman–Crippen MR) is 40.6 cm³/mol. The molecule has 0 aliphatic rings. The van der Waals surface area contributed by atoms with Crippen molar-refractivity contribution in [3.05, 3.63) is 22.7 Å². The lowest BCUT2D eigenvalue weighted by Gasteiger charge is -1.98. The topological polar surface area (TPSA) is 52.1 Å². The van der Waals surface area contributed by atoms with Crippen LogP contribution in [0.1, 0.15) is 5.69 Å². The molecule has 0 aromatic carbocycles. The molecule has 0 aliphatic heterocycles. The fraction of sp³-hybridized carbons (Fsp3) is 0.167. The van der Waals surface area contributed by atoms with Crippen LogP contribution in [0.25, 0.3) is 0 Å². The first kappa shape index (κ1) is 8.13. The van der Waals surface area contributed by atoms with Crippen molar-refractivity contribution in [2.24, 2.45) is 0 Å². The average Bonchev–Trinajstić information content (AvgIpc) is 2.03. The minimum Gasteiger partial charge on any atom is -0.461 e. The third kappa shape index (κ3) is 2.27. The molecule has 0 bridgehead atoms. The molecule has 0 N–H and O–H groups in total. The Morgan fingerprint density at radius 2 is 2.55 bits per heavy atom. The molecule has 0 amide bonds. The van der Waals surface area contributed by atoms with Crippen LogP contribution >= 0.6 is 15.9 Å². The van der Waals surface area contributed by atoms with Gasteiger partial charge in [-0.05, 0) is 15.9 Å². The number of halogens is 1. The zero-order valence-electron chi connectivity index (χ0n) is 5.53. The standard InChI is InChI=1S/C6H5BrN2O2/c7-5-1-8-3-9-6(5)2-11-4-10/h1,3-4H,2H2. The second-order valence-electron chi connectivity index (χ2n) is 1.72. The number of nitrogens with zero attached hydrogens (tertiary/aromatic N) is 2. The van der Waals surface area contributed by atoms with Gasteiger partial charge in [0.05, 0.1) is 10.2 Å². The average molecular weight is 217 g/mol. The molecule has 58 valence electrons. The van der Waals surface area contributed by atoms with Gasteiger partial charge in [-0.25, -0.2) is 9.97 Å². The number of rotatable bonds is 3. The van der Waals surface area contributed by atoms with Crippen molar-refractivity contribution < 1.29 is 9.53 Å². The fourth-order valence-corrected chi connectivity index (χ4v) is 0.892. The molecule has 0 unspecified atom stereocenters. The van der Waals surface area contributed by atoms with Crippen molar-refractivity contribution in [3.63, 3.8) is 0 Å². The molecule has 0 saturated carbocycles. The lowest BCUT2D eigenvalue weighted by atomic mass is 10.4. The number of hydrogen-bond donors (Lipinski definition) is 0. The molecule has 0 saturated heterocycles. The lowest BCUT2D eigenvalue weighted by molar-refractivity contribution is -0.129. The molecule has 11 heavy (non-hydrogen) atoms. The fourth-order valence-electron chi connectivity index (χ4n) is 0.557. The highest BCUT2D eigenvalue weighted by Crippen LogP contribution is 2.11. The van der Waals surface area contributed by atoms with Crippen molar-refractivity contribution in [3.8, 4) is 0 Å². The summed E-state index contributed by atoms with van der Waals surface area (Å²) in [5, 5.41) is 0. The van der Waals surface area contributed by atoms with Crippen LogP contribution in [0.2, 0.25) is 0 Å². The summed E-state index contributed by atoms with van der Waals surface area (Å²) in [6.07, 6.45) is 2.99. The molecule has 1 rings (SSSR count). The third-order valence-corrected chi connectivity index (χ3v) is 1.69. The van der Waals surface area contributed by atoms with Crippen molar-refractivity contribution >= 4 is 22.4 Å². The number of aromatic nitrogens is 2. The molecule has 4 nitrogen and oxygen atoms in total. The van der Waals surface area contributed by atoms with Gasteiger partial charge in [0.1, 0.15) is 12.9 Å². The third-order valence-electron chi connectivity index (χ3n) is 1.03. The summed E-state index contributed by atoms with van der Waals surface area (Å²) in [4.78, 5) is 17.4. The van der Waals surface area contributed by atoms with Gasteiger partial charge >= 0.3 is 0 Å². The molecule has 1 aromatic rings. The van der Waals surface area contributed by atoms with E-state index in [1.807, 2.05) is 0 Å². The Morgan fingerprint density at radius 1 is 1.73 bits per heavy atom. The molecular formula is C6H5BrN2O2. The van der Waals surface area contributed by atoms with Crippen LogP contribution in [0.5, 0.6) is 0 Å². The van der Waals surface area contributed by atoms with Gasteiger partial charge in [-0.15, -0.1) is 0 Å². The quantitative estimate of drug-likeness (QED) is 0.706. The predicted octanol–water partition coefficient (Wildman–Crippen LogP) is 0.912. The van der Waals surface area contributed by atoms with Crippen molar-refractivity contribution in [2.45, 2.75) is 6.61 Å². The number of hydrogen-bond acceptors (Lipinski definition) is 4. The number of ether oxygens (including phenoxy) is 1. The van der Waals surface area contributed by atoms with Gasteiger partial charge in [-0.3, -0.25) is 4.79 Å². The Bertz CT molecular complexity index is 254. The van der Waals surface area contributed by atoms with Crippen LogP contribution in [0, 0.1) is 0 Å². The largest absolute Gasteiger partial charge is 0.461 e. The summed E-state index contributed by atoms with van der Waals surface area (Å²) in [5.74, 6) is 0.